The molecule has 0 spiro atoms. The van der Waals surface area contributed by atoms with Crippen molar-refractivity contribution in [3.05, 3.63) is 29.0 Å². The Morgan fingerprint density at radius 1 is 1.62 bits per heavy atom. The number of nitrogens with one attached hydrogen (secondary N) is 1. The van der Waals surface area contributed by atoms with E-state index >= 15 is 0 Å². The van der Waals surface area contributed by atoms with Gasteiger partial charge in [-0.25, -0.2) is 0 Å². The van der Waals surface area contributed by atoms with E-state index in [0.717, 1.165) is 30.4 Å². The molecule has 16 heavy (non-hydrogen) atoms. The smallest absolute Gasteiger partial charge is 0.0698 e. The van der Waals surface area contributed by atoms with Crippen molar-refractivity contribution in [3.63, 3.8) is 0 Å². The van der Waals surface area contributed by atoms with Crippen LogP contribution in [0.5, 0.6) is 0 Å². The Morgan fingerprint density at radius 3 is 2.94 bits per heavy atom. The fourth-order valence-corrected chi connectivity index (χ4v) is 2.32. The zero-order chi connectivity index (χ0) is 12.0. The molecule has 1 atom stereocenters. The second-order valence-electron chi connectivity index (χ2n) is 3.72. The molecule has 1 N–H and O–H groups in total. The standard InChI is InChI=1S/C12H20BrN3/c1-4-7-11(14-8-5-2)12-10(13)9-15-16(12)6-3/h4,9,11,14H,1,5-8H2,2-3H3. The fourth-order valence-electron chi connectivity index (χ4n) is 1.75. The first-order valence-electron chi connectivity index (χ1n) is 5.80. The van der Waals surface area contributed by atoms with Gasteiger partial charge >= 0.3 is 0 Å². The van der Waals surface area contributed by atoms with Crippen LogP contribution in [0.4, 0.5) is 0 Å². The van der Waals surface area contributed by atoms with Crippen molar-refractivity contribution in [1.82, 2.24) is 15.1 Å². The number of nitrogens with zero attached hydrogens (tertiary/aromatic N) is 2. The Kier molecular flexibility index (Phi) is 5.77. The molecule has 1 aromatic heterocycles. The third-order valence-electron chi connectivity index (χ3n) is 2.51. The van der Waals surface area contributed by atoms with E-state index in [1.54, 1.807) is 0 Å². The van der Waals surface area contributed by atoms with E-state index in [4.69, 9.17) is 0 Å². The maximum atomic E-state index is 4.34. The van der Waals surface area contributed by atoms with Crippen molar-refractivity contribution in [2.75, 3.05) is 6.54 Å². The molecule has 1 aromatic rings. The van der Waals surface area contributed by atoms with Gasteiger partial charge in [-0.15, -0.1) is 6.58 Å². The SMILES string of the molecule is C=CCC(NCCC)c1c(Br)cnn1CC. The number of hydrogen-bond donors (Lipinski definition) is 1. The lowest BCUT2D eigenvalue weighted by molar-refractivity contribution is 0.483. The van der Waals surface area contributed by atoms with Crippen molar-refractivity contribution in [2.45, 2.75) is 39.3 Å². The first-order valence-corrected chi connectivity index (χ1v) is 6.59. The summed E-state index contributed by atoms with van der Waals surface area (Å²) in [5.74, 6) is 0. The van der Waals surface area contributed by atoms with Gasteiger partial charge in [0.15, 0.2) is 0 Å². The highest BCUT2D eigenvalue weighted by Crippen LogP contribution is 2.25. The molecule has 0 amide bonds. The van der Waals surface area contributed by atoms with Crippen LogP contribution in [0.15, 0.2) is 23.3 Å². The van der Waals surface area contributed by atoms with Crippen LogP contribution in [-0.4, -0.2) is 16.3 Å². The molecule has 1 rings (SSSR count). The number of halogens is 1. The predicted octanol–water partition coefficient (Wildman–Crippen LogP) is 3.28. The highest BCUT2D eigenvalue weighted by molar-refractivity contribution is 9.10. The maximum absolute atomic E-state index is 4.34. The molecule has 0 aromatic carbocycles. The molecule has 0 aliphatic carbocycles. The zero-order valence-electron chi connectivity index (χ0n) is 10.0. The molecule has 0 aliphatic rings. The van der Waals surface area contributed by atoms with Gasteiger partial charge in [0.05, 0.1) is 22.4 Å². The van der Waals surface area contributed by atoms with Crippen LogP contribution in [-0.2, 0) is 6.54 Å². The Hall–Kier alpha value is -0.610. The van der Waals surface area contributed by atoms with Crippen LogP contribution < -0.4 is 5.32 Å². The lowest BCUT2D eigenvalue weighted by Gasteiger charge is -2.18. The molecule has 1 heterocycles. The summed E-state index contributed by atoms with van der Waals surface area (Å²) in [6, 6.07) is 0.300. The van der Waals surface area contributed by atoms with E-state index in [-0.39, 0.29) is 0 Å². The summed E-state index contributed by atoms with van der Waals surface area (Å²) < 4.78 is 3.10. The van der Waals surface area contributed by atoms with Crippen LogP contribution in [0.1, 0.15) is 38.4 Å². The van der Waals surface area contributed by atoms with Gasteiger partial charge in [0.2, 0.25) is 0 Å². The van der Waals surface area contributed by atoms with Gasteiger partial charge in [-0.1, -0.05) is 13.0 Å². The van der Waals surface area contributed by atoms with E-state index in [1.165, 1.54) is 5.69 Å². The highest BCUT2D eigenvalue weighted by atomic mass is 79.9. The maximum Gasteiger partial charge on any atom is 0.0698 e. The molecule has 0 bridgehead atoms. The van der Waals surface area contributed by atoms with Crippen molar-refractivity contribution in [2.24, 2.45) is 0 Å². The van der Waals surface area contributed by atoms with E-state index in [0.29, 0.717) is 6.04 Å². The Morgan fingerprint density at radius 2 is 2.38 bits per heavy atom. The molecule has 0 fully saturated rings. The van der Waals surface area contributed by atoms with Crippen LogP contribution >= 0.6 is 15.9 Å². The first-order chi connectivity index (χ1) is 7.74. The summed E-state index contributed by atoms with van der Waals surface area (Å²) in [6.45, 7) is 10.00. The quantitative estimate of drug-likeness (QED) is 0.780. The van der Waals surface area contributed by atoms with E-state index < -0.39 is 0 Å². The molecule has 3 nitrogen and oxygen atoms in total. The lowest BCUT2D eigenvalue weighted by atomic mass is 10.1. The average molecular weight is 286 g/mol. The van der Waals surface area contributed by atoms with Gasteiger partial charge in [-0.05, 0) is 42.2 Å². The van der Waals surface area contributed by atoms with Gasteiger partial charge in [-0.2, -0.15) is 5.10 Å². The molecule has 1 unspecified atom stereocenters. The number of rotatable bonds is 7. The molecule has 0 saturated heterocycles. The Balaban J connectivity index is 2.89. The van der Waals surface area contributed by atoms with Gasteiger partial charge in [-0.3, -0.25) is 4.68 Å². The average Bonchev–Trinajstić information content (AvgIpc) is 2.66. The minimum atomic E-state index is 0.300. The molecule has 90 valence electrons. The van der Waals surface area contributed by atoms with Crippen molar-refractivity contribution in [3.8, 4) is 0 Å². The first kappa shape index (κ1) is 13.5. The monoisotopic (exact) mass is 285 g/mol. The van der Waals surface area contributed by atoms with Gasteiger partial charge in [0, 0.05) is 6.54 Å². The minimum absolute atomic E-state index is 0.300. The lowest BCUT2D eigenvalue weighted by Crippen LogP contribution is -2.24. The van der Waals surface area contributed by atoms with E-state index in [2.05, 4.69) is 46.8 Å². The topological polar surface area (TPSA) is 29.9 Å². The van der Waals surface area contributed by atoms with Gasteiger partial charge < -0.3 is 5.32 Å². The van der Waals surface area contributed by atoms with Crippen molar-refractivity contribution < 1.29 is 0 Å². The number of aromatic nitrogens is 2. The summed E-state index contributed by atoms with van der Waals surface area (Å²) in [4.78, 5) is 0. The minimum Gasteiger partial charge on any atom is -0.308 e. The van der Waals surface area contributed by atoms with Gasteiger partial charge in [0.25, 0.3) is 0 Å². The van der Waals surface area contributed by atoms with Crippen molar-refractivity contribution in [1.29, 1.82) is 0 Å². The van der Waals surface area contributed by atoms with E-state index in [1.807, 2.05) is 17.0 Å². The molecule has 0 radical (unpaired) electrons. The summed E-state index contributed by atoms with van der Waals surface area (Å²) in [5.41, 5.74) is 1.22. The predicted molar refractivity (Wildman–Crippen MR) is 71.4 cm³/mol. The van der Waals surface area contributed by atoms with Crippen LogP contribution in [0, 0.1) is 0 Å². The molecular formula is C12H20BrN3. The number of aryl methyl sites for hydroxylation is 1. The Labute approximate surface area is 106 Å². The third-order valence-corrected chi connectivity index (χ3v) is 3.12. The van der Waals surface area contributed by atoms with Crippen LogP contribution in [0.2, 0.25) is 0 Å². The summed E-state index contributed by atoms with van der Waals surface area (Å²) in [7, 11) is 0. The number of hydrogen-bond acceptors (Lipinski definition) is 2. The molecule has 0 aliphatic heterocycles. The second kappa shape index (κ2) is 6.86. The summed E-state index contributed by atoms with van der Waals surface area (Å²) >= 11 is 3.56. The molecule has 0 saturated carbocycles. The third kappa shape index (κ3) is 3.19. The van der Waals surface area contributed by atoms with E-state index in [9.17, 15) is 0 Å². The Bertz CT molecular complexity index is 333. The zero-order valence-corrected chi connectivity index (χ0v) is 11.6. The summed E-state index contributed by atoms with van der Waals surface area (Å²) in [6.07, 6.45) is 5.87. The van der Waals surface area contributed by atoms with Crippen LogP contribution in [0.25, 0.3) is 0 Å². The molecular weight excluding hydrogens is 266 g/mol. The normalized spacial score (nSPS) is 12.7. The largest absolute Gasteiger partial charge is 0.308 e. The van der Waals surface area contributed by atoms with Crippen LogP contribution in [0.3, 0.4) is 0 Å². The van der Waals surface area contributed by atoms with Gasteiger partial charge in [0.1, 0.15) is 0 Å². The highest BCUT2D eigenvalue weighted by Gasteiger charge is 2.17. The van der Waals surface area contributed by atoms with Crippen molar-refractivity contribution >= 4 is 15.9 Å². The summed E-state index contributed by atoms with van der Waals surface area (Å²) in [5, 5.41) is 7.87. The molecule has 4 heteroatoms. The fraction of sp³-hybridized carbons (Fsp3) is 0.583. The second-order valence-corrected chi connectivity index (χ2v) is 4.58.